The number of amides is 1. The number of carbonyl (C=O) groups is 1. The van der Waals surface area contributed by atoms with Crippen LogP contribution in [0.2, 0.25) is 0 Å². The Labute approximate surface area is 153 Å². The minimum atomic E-state index is 0.0798. The van der Waals surface area contributed by atoms with E-state index in [2.05, 4.69) is 22.3 Å². The molecular weight excluding hydrogens is 326 g/mol. The molecule has 3 aromatic rings. The molecule has 5 heteroatoms. The molecule has 0 saturated carbocycles. The fraction of sp³-hybridized carbons (Fsp3) is 0.286. The fourth-order valence-electron chi connectivity index (χ4n) is 2.79. The SMILES string of the molecule is Cc1cccc(-c2noc(CN(C)C(=O)CCCc3ccccc3)n2)c1. The van der Waals surface area contributed by atoms with Gasteiger partial charge in [-0.15, -0.1) is 0 Å². The fourth-order valence-corrected chi connectivity index (χ4v) is 2.79. The average molecular weight is 349 g/mol. The van der Waals surface area contributed by atoms with E-state index in [1.807, 2.05) is 49.4 Å². The number of rotatable bonds is 7. The van der Waals surface area contributed by atoms with Crippen LogP contribution in [0.15, 0.2) is 59.1 Å². The molecule has 2 aromatic carbocycles. The Morgan fingerprint density at radius 2 is 1.92 bits per heavy atom. The predicted octanol–water partition coefficient (Wildman–Crippen LogP) is 4.03. The number of aryl methyl sites for hydroxylation is 2. The molecule has 0 aliphatic rings. The molecule has 0 radical (unpaired) electrons. The predicted molar refractivity (Wildman–Crippen MR) is 100 cm³/mol. The van der Waals surface area contributed by atoms with Crippen LogP contribution in [0.3, 0.4) is 0 Å². The molecule has 26 heavy (non-hydrogen) atoms. The van der Waals surface area contributed by atoms with Crippen molar-refractivity contribution in [1.29, 1.82) is 0 Å². The number of nitrogens with zero attached hydrogens (tertiary/aromatic N) is 3. The summed E-state index contributed by atoms with van der Waals surface area (Å²) in [5.74, 6) is 1.07. The van der Waals surface area contributed by atoms with Crippen molar-refractivity contribution >= 4 is 5.91 Å². The van der Waals surface area contributed by atoms with E-state index in [4.69, 9.17) is 4.52 Å². The summed E-state index contributed by atoms with van der Waals surface area (Å²) in [7, 11) is 1.77. The van der Waals surface area contributed by atoms with Crippen LogP contribution < -0.4 is 0 Å². The van der Waals surface area contributed by atoms with E-state index >= 15 is 0 Å². The summed E-state index contributed by atoms with van der Waals surface area (Å²) in [6.07, 6.45) is 2.23. The molecule has 0 spiro atoms. The Morgan fingerprint density at radius 3 is 2.69 bits per heavy atom. The molecule has 0 fully saturated rings. The highest BCUT2D eigenvalue weighted by Crippen LogP contribution is 2.17. The summed E-state index contributed by atoms with van der Waals surface area (Å²) in [4.78, 5) is 18.3. The molecule has 0 bridgehead atoms. The zero-order valence-corrected chi connectivity index (χ0v) is 15.2. The van der Waals surface area contributed by atoms with E-state index in [0.29, 0.717) is 24.7 Å². The summed E-state index contributed by atoms with van der Waals surface area (Å²) < 4.78 is 5.30. The van der Waals surface area contributed by atoms with E-state index in [1.54, 1.807) is 11.9 Å². The van der Waals surface area contributed by atoms with Crippen molar-refractivity contribution < 1.29 is 9.32 Å². The largest absolute Gasteiger partial charge is 0.337 e. The van der Waals surface area contributed by atoms with Gasteiger partial charge in [0.2, 0.25) is 17.6 Å². The summed E-state index contributed by atoms with van der Waals surface area (Å²) in [6, 6.07) is 18.1. The Balaban J connectivity index is 1.51. The summed E-state index contributed by atoms with van der Waals surface area (Å²) in [5.41, 5.74) is 3.30. The highest BCUT2D eigenvalue weighted by molar-refractivity contribution is 5.75. The molecular formula is C21H23N3O2. The molecule has 5 nitrogen and oxygen atoms in total. The first kappa shape index (κ1) is 17.9. The van der Waals surface area contributed by atoms with Gasteiger partial charge in [-0.1, -0.05) is 59.3 Å². The molecule has 1 heterocycles. The lowest BCUT2D eigenvalue weighted by molar-refractivity contribution is -0.130. The molecule has 1 amide bonds. The summed E-state index contributed by atoms with van der Waals surface area (Å²) >= 11 is 0. The lowest BCUT2D eigenvalue weighted by Crippen LogP contribution is -2.26. The Bertz CT molecular complexity index is 858. The highest BCUT2D eigenvalue weighted by Gasteiger charge is 2.14. The number of carbonyl (C=O) groups excluding carboxylic acids is 1. The van der Waals surface area contributed by atoms with Crippen molar-refractivity contribution in [3.05, 3.63) is 71.6 Å². The maximum absolute atomic E-state index is 12.3. The van der Waals surface area contributed by atoms with Gasteiger partial charge in [0.1, 0.15) is 0 Å². The van der Waals surface area contributed by atoms with Gasteiger partial charge in [-0.2, -0.15) is 4.98 Å². The molecule has 134 valence electrons. The standard InChI is InChI=1S/C21H23N3O2/c1-16-8-6-12-18(14-16)21-22-19(26-23-21)15-24(2)20(25)13-7-11-17-9-4-3-5-10-17/h3-6,8-10,12,14H,7,11,13,15H2,1-2H3. The van der Waals surface area contributed by atoms with E-state index in [9.17, 15) is 4.79 Å². The first-order valence-corrected chi connectivity index (χ1v) is 8.79. The minimum Gasteiger partial charge on any atom is -0.337 e. The molecule has 0 saturated heterocycles. The Kier molecular flexibility index (Phi) is 5.79. The summed E-state index contributed by atoms with van der Waals surface area (Å²) in [6.45, 7) is 2.34. The highest BCUT2D eigenvalue weighted by atomic mass is 16.5. The second kappa shape index (κ2) is 8.43. The van der Waals surface area contributed by atoms with Crippen LogP contribution in [0.25, 0.3) is 11.4 Å². The third-order valence-corrected chi connectivity index (χ3v) is 4.24. The van der Waals surface area contributed by atoms with Crippen LogP contribution >= 0.6 is 0 Å². The smallest absolute Gasteiger partial charge is 0.246 e. The van der Waals surface area contributed by atoms with Crippen LogP contribution in [-0.4, -0.2) is 28.0 Å². The monoisotopic (exact) mass is 349 g/mol. The first-order valence-electron chi connectivity index (χ1n) is 8.79. The van der Waals surface area contributed by atoms with Gasteiger partial charge >= 0.3 is 0 Å². The topological polar surface area (TPSA) is 59.2 Å². The van der Waals surface area contributed by atoms with Crippen LogP contribution in [0.5, 0.6) is 0 Å². The van der Waals surface area contributed by atoms with Gasteiger partial charge in [-0.05, 0) is 31.4 Å². The second-order valence-electron chi connectivity index (χ2n) is 6.47. The number of aromatic nitrogens is 2. The van der Waals surface area contributed by atoms with Crippen molar-refractivity contribution in [1.82, 2.24) is 15.0 Å². The quantitative estimate of drug-likeness (QED) is 0.646. The van der Waals surface area contributed by atoms with Crippen molar-refractivity contribution in [2.24, 2.45) is 0 Å². The number of benzene rings is 2. The molecule has 3 rings (SSSR count). The van der Waals surface area contributed by atoms with Crippen molar-refractivity contribution in [2.75, 3.05) is 7.05 Å². The van der Waals surface area contributed by atoms with Crippen LogP contribution in [0, 0.1) is 6.92 Å². The zero-order chi connectivity index (χ0) is 18.4. The molecule has 1 aromatic heterocycles. The molecule has 0 N–H and O–H groups in total. The maximum Gasteiger partial charge on any atom is 0.246 e. The van der Waals surface area contributed by atoms with Gasteiger partial charge in [0.05, 0.1) is 6.54 Å². The Morgan fingerprint density at radius 1 is 1.12 bits per heavy atom. The van der Waals surface area contributed by atoms with Crippen molar-refractivity contribution in [2.45, 2.75) is 32.7 Å². The van der Waals surface area contributed by atoms with Gasteiger partial charge < -0.3 is 9.42 Å². The van der Waals surface area contributed by atoms with Crippen molar-refractivity contribution in [3.8, 4) is 11.4 Å². The second-order valence-corrected chi connectivity index (χ2v) is 6.47. The zero-order valence-electron chi connectivity index (χ0n) is 15.2. The molecule has 0 aliphatic heterocycles. The lowest BCUT2D eigenvalue weighted by atomic mass is 10.1. The minimum absolute atomic E-state index is 0.0798. The summed E-state index contributed by atoms with van der Waals surface area (Å²) in [5, 5.41) is 4.02. The van der Waals surface area contributed by atoms with Gasteiger partial charge in [0.15, 0.2) is 0 Å². The number of hydrogen-bond acceptors (Lipinski definition) is 4. The van der Waals surface area contributed by atoms with E-state index < -0.39 is 0 Å². The van der Waals surface area contributed by atoms with Gasteiger partial charge in [0, 0.05) is 19.0 Å². The van der Waals surface area contributed by atoms with E-state index in [-0.39, 0.29) is 5.91 Å². The Hall–Kier alpha value is -2.95. The van der Waals surface area contributed by atoms with E-state index in [0.717, 1.165) is 24.0 Å². The third kappa shape index (κ3) is 4.79. The number of hydrogen-bond donors (Lipinski definition) is 0. The molecule has 0 aliphatic carbocycles. The van der Waals surface area contributed by atoms with Crippen LogP contribution in [-0.2, 0) is 17.8 Å². The third-order valence-electron chi connectivity index (χ3n) is 4.24. The molecule has 0 unspecified atom stereocenters. The van der Waals surface area contributed by atoms with Gasteiger partial charge in [0.25, 0.3) is 0 Å². The first-order chi connectivity index (χ1) is 12.6. The van der Waals surface area contributed by atoms with E-state index in [1.165, 1.54) is 5.56 Å². The van der Waals surface area contributed by atoms with Crippen LogP contribution in [0.1, 0.15) is 29.9 Å². The molecule has 0 atom stereocenters. The lowest BCUT2D eigenvalue weighted by Gasteiger charge is -2.14. The average Bonchev–Trinajstić information content (AvgIpc) is 3.11. The van der Waals surface area contributed by atoms with Crippen molar-refractivity contribution in [3.63, 3.8) is 0 Å². The van der Waals surface area contributed by atoms with Crippen LogP contribution in [0.4, 0.5) is 0 Å². The van der Waals surface area contributed by atoms with Gasteiger partial charge in [-0.25, -0.2) is 0 Å². The normalized spacial score (nSPS) is 10.7. The van der Waals surface area contributed by atoms with Gasteiger partial charge in [-0.3, -0.25) is 4.79 Å². The maximum atomic E-state index is 12.3.